The molecule has 1 amide bonds. The SMILES string of the molecule is CN(Cc1nc2cc(C(=O)N(CCC(=O)O)c3cccnc3)ccc2n1C)c1ccc(C(=N)N)cc1. The lowest BCUT2D eigenvalue weighted by atomic mass is 10.1. The maximum Gasteiger partial charge on any atom is 0.305 e. The van der Waals surface area contributed by atoms with Crippen molar-refractivity contribution in [1.29, 1.82) is 5.41 Å². The van der Waals surface area contributed by atoms with Crippen molar-refractivity contribution in [2.45, 2.75) is 13.0 Å². The van der Waals surface area contributed by atoms with Crippen molar-refractivity contribution < 1.29 is 14.7 Å². The molecule has 0 saturated carbocycles. The lowest BCUT2D eigenvalue weighted by Crippen LogP contribution is -2.33. The van der Waals surface area contributed by atoms with Gasteiger partial charge in [-0.05, 0) is 54.6 Å². The van der Waals surface area contributed by atoms with E-state index in [0.29, 0.717) is 28.9 Å². The Morgan fingerprint density at radius 3 is 2.44 bits per heavy atom. The summed E-state index contributed by atoms with van der Waals surface area (Å²) in [5, 5.41) is 16.7. The number of carboxylic acids is 1. The van der Waals surface area contributed by atoms with E-state index in [0.717, 1.165) is 17.0 Å². The zero-order valence-corrected chi connectivity index (χ0v) is 20.0. The van der Waals surface area contributed by atoms with Crippen LogP contribution >= 0.6 is 0 Å². The number of nitrogens with one attached hydrogen (secondary N) is 1. The summed E-state index contributed by atoms with van der Waals surface area (Å²) in [6.07, 6.45) is 2.95. The van der Waals surface area contributed by atoms with Crippen LogP contribution in [0.25, 0.3) is 11.0 Å². The van der Waals surface area contributed by atoms with Gasteiger partial charge in [-0.25, -0.2) is 4.98 Å². The van der Waals surface area contributed by atoms with Crippen LogP contribution in [0, 0.1) is 5.41 Å². The summed E-state index contributed by atoms with van der Waals surface area (Å²) in [6.45, 7) is 0.548. The Bertz CT molecular complexity index is 1420. The summed E-state index contributed by atoms with van der Waals surface area (Å²) >= 11 is 0. The van der Waals surface area contributed by atoms with E-state index in [4.69, 9.17) is 21.2 Å². The Labute approximate surface area is 208 Å². The van der Waals surface area contributed by atoms with Crippen LogP contribution in [-0.4, -0.2) is 50.9 Å². The molecular formula is C26H27N7O3. The molecule has 4 rings (SSSR count). The molecule has 0 bridgehead atoms. The number of amides is 1. The summed E-state index contributed by atoms with van der Waals surface area (Å²) in [6, 6.07) is 16.1. The zero-order chi connectivity index (χ0) is 25.8. The fourth-order valence-electron chi connectivity index (χ4n) is 3.95. The Hall–Kier alpha value is -4.73. The number of hydrogen-bond acceptors (Lipinski definition) is 6. The van der Waals surface area contributed by atoms with Gasteiger partial charge in [-0.2, -0.15) is 0 Å². The number of aryl methyl sites for hydroxylation is 1. The maximum atomic E-state index is 13.4. The molecule has 0 spiro atoms. The number of carboxylic acid groups (broad SMARTS) is 1. The minimum Gasteiger partial charge on any atom is -0.481 e. The van der Waals surface area contributed by atoms with Gasteiger partial charge in [-0.15, -0.1) is 0 Å². The number of nitrogens with zero attached hydrogens (tertiary/aromatic N) is 5. The molecule has 2 heterocycles. The van der Waals surface area contributed by atoms with Crippen LogP contribution < -0.4 is 15.5 Å². The highest BCUT2D eigenvalue weighted by molar-refractivity contribution is 6.07. The van der Waals surface area contributed by atoms with E-state index in [9.17, 15) is 9.59 Å². The van der Waals surface area contributed by atoms with Crippen molar-refractivity contribution in [2.75, 3.05) is 23.4 Å². The van der Waals surface area contributed by atoms with Gasteiger partial charge in [-0.1, -0.05) is 0 Å². The van der Waals surface area contributed by atoms with Gasteiger partial charge in [0.2, 0.25) is 0 Å². The predicted molar refractivity (Wildman–Crippen MR) is 138 cm³/mol. The normalized spacial score (nSPS) is 10.8. The van der Waals surface area contributed by atoms with Crippen molar-refractivity contribution in [1.82, 2.24) is 14.5 Å². The molecule has 184 valence electrons. The van der Waals surface area contributed by atoms with E-state index >= 15 is 0 Å². The molecule has 0 atom stereocenters. The van der Waals surface area contributed by atoms with Crippen molar-refractivity contribution in [3.8, 4) is 0 Å². The number of imidazole rings is 1. The Morgan fingerprint density at radius 2 is 1.81 bits per heavy atom. The van der Waals surface area contributed by atoms with Crippen LogP contribution in [0.3, 0.4) is 0 Å². The van der Waals surface area contributed by atoms with Crippen LogP contribution in [0.5, 0.6) is 0 Å². The average molecular weight is 486 g/mol. The lowest BCUT2D eigenvalue weighted by Gasteiger charge is -2.21. The van der Waals surface area contributed by atoms with Crippen LogP contribution in [-0.2, 0) is 18.4 Å². The highest BCUT2D eigenvalue weighted by Crippen LogP contribution is 2.23. The topological polar surface area (TPSA) is 141 Å². The summed E-state index contributed by atoms with van der Waals surface area (Å²) in [5.74, 6) is -0.472. The molecule has 0 fully saturated rings. The number of nitrogens with two attached hydrogens (primary N) is 1. The number of aliphatic carboxylic acids is 1. The first-order chi connectivity index (χ1) is 17.2. The van der Waals surface area contributed by atoms with E-state index in [2.05, 4.69) is 4.98 Å². The molecular weight excluding hydrogens is 458 g/mol. The minimum absolute atomic E-state index is 0.0231. The van der Waals surface area contributed by atoms with E-state index in [1.54, 1.807) is 42.6 Å². The average Bonchev–Trinajstić information content (AvgIpc) is 3.18. The second-order valence-electron chi connectivity index (χ2n) is 8.42. The summed E-state index contributed by atoms with van der Waals surface area (Å²) in [5.41, 5.74) is 9.64. The van der Waals surface area contributed by atoms with Crippen LogP contribution in [0.2, 0.25) is 0 Å². The number of aromatic nitrogens is 3. The highest BCUT2D eigenvalue weighted by Gasteiger charge is 2.20. The fourth-order valence-corrected chi connectivity index (χ4v) is 3.95. The Morgan fingerprint density at radius 1 is 1.08 bits per heavy atom. The number of anilines is 2. The van der Waals surface area contributed by atoms with Gasteiger partial charge >= 0.3 is 5.97 Å². The smallest absolute Gasteiger partial charge is 0.305 e. The van der Waals surface area contributed by atoms with Gasteiger partial charge < -0.3 is 25.2 Å². The standard InChI is InChI=1S/C26H27N7O3/c1-31(19-8-5-17(6-9-19)25(27)28)16-23-30-21-14-18(7-10-22(21)32(23)2)26(36)33(13-11-24(34)35)20-4-3-12-29-15-20/h3-10,12,14-15H,11,13,16H2,1-2H3,(H3,27,28)(H,34,35). The number of nitrogen functional groups attached to an aromatic ring is 1. The quantitative estimate of drug-likeness (QED) is 0.244. The van der Waals surface area contributed by atoms with Crippen LogP contribution in [0.1, 0.15) is 28.2 Å². The first kappa shape index (κ1) is 24.4. The zero-order valence-electron chi connectivity index (χ0n) is 20.0. The van der Waals surface area contributed by atoms with Gasteiger partial charge in [0.15, 0.2) is 0 Å². The van der Waals surface area contributed by atoms with Gasteiger partial charge in [0.1, 0.15) is 11.7 Å². The monoisotopic (exact) mass is 485 g/mol. The van der Waals surface area contributed by atoms with Crippen LogP contribution in [0.15, 0.2) is 67.0 Å². The number of carbonyl (C=O) groups excluding carboxylic acids is 1. The molecule has 2 aromatic heterocycles. The minimum atomic E-state index is -0.985. The van der Waals surface area contributed by atoms with E-state index in [1.165, 1.54) is 11.1 Å². The van der Waals surface area contributed by atoms with Crippen molar-refractivity contribution >= 4 is 40.1 Å². The first-order valence-electron chi connectivity index (χ1n) is 11.3. The third-order valence-corrected chi connectivity index (χ3v) is 5.97. The summed E-state index contributed by atoms with van der Waals surface area (Å²) < 4.78 is 1.98. The number of benzene rings is 2. The molecule has 4 N–H and O–H groups in total. The molecule has 0 radical (unpaired) electrons. The van der Waals surface area contributed by atoms with E-state index in [1.807, 2.05) is 41.8 Å². The number of fused-ring (bicyclic) bond motifs is 1. The van der Waals surface area contributed by atoms with Gasteiger partial charge in [-0.3, -0.25) is 20.0 Å². The highest BCUT2D eigenvalue weighted by atomic mass is 16.4. The molecule has 0 aliphatic rings. The molecule has 0 saturated heterocycles. The molecule has 10 heteroatoms. The van der Waals surface area contributed by atoms with Gasteiger partial charge in [0.05, 0.1) is 35.9 Å². The molecule has 2 aromatic carbocycles. The molecule has 36 heavy (non-hydrogen) atoms. The van der Waals surface area contributed by atoms with E-state index < -0.39 is 5.97 Å². The van der Waals surface area contributed by atoms with Crippen LogP contribution in [0.4, 0.5) is 11.4 Å². The molecule has 10 nitrogen and oxygen atoms in total. The number of carbonyl (C=O) groups is 2. The Kier molecular flexibility index (Phi) is 6.95. The third kappa shape index (κ3) is 5.17. The summed E-state index contributed by atoms with van der Waals surface area (Å²) in [4.78, 5) is 36.8. The summed E-state index contributed by atoms with van der Waals surface area (Å²) in [7, 11) is 3.87. The van der Waals surface area contributed by atoms with Gasteiger partial charge in [0, 0.05) is 43.7 Å². The lowest BCUT2D eigenvalue weighted by molar-refractivity contribution is -0.136. The van der Waals surface area contributed by atoms with Crippen molar-refractivity contribution in [3.63, 3.8) is 0 Å². The molecule has 0 aliphatic carbocycles. The number of hydrogen-bond donors (Lipinski definition) is 3. The second-order valence-corrected chi connectivity index (χ2v) is 8.42. The van der Waals surface area contributed by atoms with Gasteiger partial charge in [0.25, 0.3) is 5.91 Å². The number of amidine groups is 1. The second kappa shape index (κ2) is 10.3. The largest absolute Gasteiger partial charge is 0.481 e. The number of rotatable bonds is 9. The number of pyridine rings is 1. The molecule has 0 aliphatic heterocycles. The predicted octanol–water partition coefficient (Wildman–Crippen LogP) is 3.01. The van der Waals surface area contributed by atoms with E-state index in [-0.39, 0.29) is 24.7 Å². The van der Waals surface area contributed by atoms with Crippen molar-refractivity contribution in [3.05, 3.63) is 83.9 Å². The first-order valence-corrected chi connectivity index (χ1v) is 11.3. The third-order valence-electron chi connectivity index (χ3n) is 5.97. The fraction of sp³-hybridized carbons (Fsp3) is 0.192. The van der Waals surface area contributed by atoms with Crippen molar-refractivity contribution in [2.24, 2.45) is 12.8 Å². The molecule has 4 aromatic rings. The molecule has 0 unspecified atom stereocenters. The Balaban J connectivity index is 1.59. The maximum absolute atomic E-state index is 13.4.